The minimum atomic E-state index is -1.24. The summed E-state index contributed by atoms with van der Waals surface area (Å²) in [5.41, 5.74) is -0.781. The second-order valence-corrected chi connectivity index (χ2v) is 20.3. The molecular formula is C40H68N2O6. The molecule has 274 valence electrons. The first-order valence-electron chi connectivity index (χ1n) is 19.9. The van der Waals surface area contributed by atoms with E-state index in [4.69, 9.17) is 14.2 Å². The minimum Gasteiger partial charge on any atom is -0.390 e. The van der Waals surface area contributed by atoms with Crippen molar-refractivity contribution in [3.8, 4) is 0 Å². The second-order valence-electron chi connectivity index (χ2n) is 20.3. The van der Waals surface area contributed by atoms with Gasteiger partial charge in [0.25, 0.3) is 0 Å². The molecule has 3 heterocycles. The Balaban J connectivity index is 0.991. The third kappa shape index (κ3) is 4.54. The summed E-state index contributed by atoms with van der Waals surface area (Å²) in [4.78, 5) is 5.18. The number of fused-ring (bicyclic) bond motifs is 4. The monoisotopic (exact) mass is 673 g/mol. The van der Waals surface area contributed by atoms with Crippen LogP contribution in [0.4, 0.5) is 0 Å². The first kappa shape index (κ1) is 34.7. The average Bonchev–Trinajstić information content (AvgIpc) is 3.61. The average molecular weight is 673 g/mol. The maximum Gasteiger partial charge on any atom is 0.170 e. The van der Waals surface area contributed by atoms with Crippen molar-refractivity contribution in [3.05, 3.63) is 0 Å². The van der Waals surface area contributed by atoms with Crippen molar-refractivity contribution in [2.24, 2.45) is 50.7 Å². The number of likely N-dealkylation sites (tertiary alicyclic amines) is 1. The number of hydrogen-bond donors (Lipinski definition) is 3. The molecule has 8 nitrogen and oxygen atoms in total. The number of rotatable bonds is 6. The maximum atomic E-state index is 12.5. The molecule has 0 aromatic heterocycles. The Kier molecular flexibility index (Phi) is 8.04. The lowest BCUT2D eigenvalue weighted by Crippen LogP contribution is -2.64. The molecule has 48 heavy (non-hydrogen) atoms. The molecule has 5 saturated carbocycles. The molecule has 4 unspecified atom stereocenters. The molecule has 0 aromatic carbocycles. The number of hydrogen-bond acceptors (Lipinski definition) is 8. The predicted octanol–water partition coefficient (Wildman–Crippen LogP) is 5.07. The van der Waals surface area contributed by atoms with Crippen LogP contribution in [-0.2, 0) is 14.2 Å². The first-order valence-corrected chi connectivity index (χ1v) is 19.9. The lowest BCUT2D eigenvalue weighted by molar-refractivity contribution is -0.253. The second kappa shape index (κ2) is 11.1. The smallest absolute Gasteiger partial charge is 0.170 e. The summed E-state index contributed by atoms with van der Waals surface area (Å²) in [6.07, 6.45) is 6.90. The Hall–Kier alpha value is -0.320. The highest BCUT2D eigenvalue weighted by molar-refractivity contribution is 5.33. The highest BCUT2D eigenvalue weighted by atomic mass is 16.7. The van der Waals surface area contributed by atoms with Gasteiger partial charge < -0.3 is 29.5 Å². The van der Waals surface area contributed by atoms with Gasteiger partial charge in [-0.3, -0.25) is 9.80 Å². The van der Waals surface area contributed by atoms with Crippen molar-refractivity contribution in [2.45, 2.75) is 168 Å². The van der Waals surface area contributed by atoms with Crippen molar-refractivity contribution in [1.29, 1.82) is 0 Å². The van der Waals surface area contributed by atoms with Crippen LogP contribution in [0.25, 0.3) is 0 Å². The number of aliphatic hydroxyl groups excluding tert-OH is 2. The van der Waals surface area contributed by atoms with Crippen molar-refractivity contribution < 1.29 is 29.5 Å². The molecule has 8 heteroatoms. The lowest BCUT2D eigenvalue weighted by atomic mass is 9.41. The fraction of sp³-hybridized carbons (Fsp3) is 1.00. The van der Waals surface area contributed by atoms with Crippen LogP contribution in [0.5, 0.6) is 0 Å². The summed E-state index contributed by atoms with van der Waals surface area (Å²) < 4.78 is 20.0. The molecule has 8 rings (SSSR count). The van der Waals surface area contributed by atoms with Crippen LogP contribution >= 0.6 is 0 Å². The van der Waals surface area contributed by atoms with Crippen molar-refractivity contribution in [3.63, 3.8) is 0 Å². The molecule has 0 bridgehead atoms. The van der Waals surface area contributed by atoms with Crippen molar-refractivity contribution >= 4 is 0 Å². The van der Waals surface area contributed by atoms with Crippen LogP contribution in [-0.4, -0.2) is 112 Å². The summed E-state index contributed by atoms with van der Waals surface area (Å²) >= 11 is 0. The molecule has 0 aromatic rings. The molecule has 14 atom stereocenters. The van der Waals surface area contributed by atoms with Gasteiger partial charge >= 0.3 is 0 Å². The number of morpholine rings is 1. The van der Waals surface area contributed by atoms with E-state index in [0.29, 0.717) is 40.7 Å². The van der Waals surface area contributed by atoms with Crippen LogP contribution in [0.15, 0.2) is 0 Å². The quantitative estimate of drug-likeness (QED) is 0.361. The number of aliphatic hydroxyl groups is 3. The zero-order valence-electron chi connectivity index (χ0n) is 31.6. The van der Waals surface area contributed by atoms with E-state index >= 15 is 0 Å². The fourth-order valence-electron chi connectivity index (χ4n) is 14.6. The Labute approximate surface area is 290 Å². The third-order valence-electron chi connectivity index (χ3n) is 17.4. The summed E-state index contributed by atoms with van der Waals surface area (Å²) in [7, 11) is 0. The number of ether oxygens (including phenoxy) is 3. The van der Waals surface area contributed by atoms with Gasteiger partial charge in [-0.05, 0) is 124 Å². The Morgan fingerprint density at radius 2 is 1.62 bits per heavy atom. The van der Waals surface area contributed by atoms with Gasteiger partial charge in [0.1, 0.15) is 6.10 Å². The van der Waals surface area contributed by atoms with Crippen LogP contribution in [0.3, 0.4) is 0 Å². The van der Waals surface area contributed by atoms with Gasteiger partial charge in [0, 0.05) is 43.7 Å². The topological polar surface area (TPSA) is 94.9 Å². The fourth-order valence-corrected chi connectivity index (χ4v) is 14.6. The maximum absolute atomic E-state index is 12.5. The van der Waals surface area contributed by atoms with Gasteiger partial charge in [-0.15, -0.1) is 0 Å². The van der Waals surface area contributed by atoms with Crippen LogP contribution in [0.2, 0.25) is 0 Å². The van der Waals surface area contributed by atoms with Crippen LogP contribution in [0, 0.1) is 50.7 Å². The molecule has 8 fully saturated rings. The van der Waals surface area contributed by atoms with E-state index < -0.39 is 23.9 Å². The van der Waals surface area contributed by atoms with E-state index in [1.807, 2.05) is 0 Å². The predicted molar refractivity (Wildman–Crippen MR) is 185 cm³/mol. The Morgan fingerprint density at radius 1 is 0.938 bits per heavy atom. The third-order valence-corrected chi connectivity index (χ3v) is 17.4. The molecule has 8 aliphatic rings. The summed E-state index contributed by atoms with van der Waals surface area (Å²) in [6, 6.07) is 1.25. The first-order chi connectivity index (χ1) is 22.4. The van der Waals surface area contributed by atoms with Gasteiger partial charge in [-0.2, -0.15) is 0 Å². The van der Waals surface area contributed by atoms with Gasteiger partial charge in [-0.1, -0.05) is 34.6 Å². The molecule has 5 aliphatic carbocycles. The zero-order chi connectivity index (χ0) is 34.4. The molecular weight excluding hydrogens is 604 g/mol. The van der Waals surface area contributed by atoms with Gasteiger partial charge in [0.05, 0.1) is 36.6 Å². The molecule has 0 amide bonds. The normalized spacial score (nSPS) is 52.8. The molecule has 3 aliphatic heterocycles. The summed E-state index contributed by atoms with van der Waals surface area (Å²) in [5, 5.41) is 34.2. The summed E-state index contributed by atoms with van der Waals surface area (Å²) in [6.45, 7) is 25.1. The molecule has 3 saturated heterocycles. The largest absolute Gasteiger partial charge is 0.390 e. The molecule has 2 spiro atoms. The highest BCUT2D eigenvalue weighted by Crippen LogP contribution is 2.89. The highest BCUT2D eigenvalue weighted by Gasteiger charge is 2.84. The Bertz CT molecular complexity index is 1250. The van der Waals surface area contributed by atoms with E-state index in [1.54, 1.807) is 13.8 Å². The van der Waals surface area contributed by atoms with Gasteiger partial charge in [-0.25, -0.2) is 0 Å². The minimum absolute atomic E-state index is 0.0135. The van der Waals surface area contributed by atoms with E-state index in [2.05, 4.69) is 58.3 Å². The standard InChI is InChI=1S/C40H68N2O6/c1-23(2)42-19-25(20-42)41-16-17-46-30(21-41)48-29-12-13-39-22-40(39)15-14-37(8)31-24(3)18-26(33(43)36(6,7)45)47-32(31)34(44)38(37,9)28(40)11-10-27(39)35(29,4)5/h23-34,43-45H,10-22H2,1-9H3/t24-,26?,27+,28?,29+,30+,31+,32?,33-,34+,37-,38-,39-,40?/m1/s1. The van der Waals surface area contributed by atoms with Gasteiger partial charge in [0.2, 0.25) is 0 Å². The van der Waals surface area contributed by atoms with E-state index in [-0.39, 0.29) is 40.7 Å². The van der Waals surface area contributed by atoms with Crippen LogP contribution in [0.1, 0.15) is 114 Å². The van der Waals surface area contributed by atoms with Crippen LogP contribution < -0.4 is 0 Å². The van der Waals surface area contributed by atoms with E-state index in [1.165, 1.54) is 25.7 Å². The Morgan fingerprint density at radius 3 is 2.31 bits per heavy atom. The van der Waals surface area contributed by atoms with Crippen molar-refractivity contribution in [2.75, 3.05) is 32.8 Å². The lowest BCUT2D eigenvalue weighted by Gasteiger charge is -2.64. The zero-order valence-corrected chi connectivity index (χ0v) is 31.6. The SMILES string of the molecule is CC(C)N1CC(N2CCO[C@@H](O[C@H]3CC[C@]45CC46CC[C@]4(C)[C@@H]7C(OC([C@@H](O)C(C)(C)O)C[C@H]7C)[C@H](O)[C@@]4(C)C6CC[C@H]5C3(C)C)C2)C1. The van der Waals surface area contributed by atoms with E-state index in [9.17, 15) is 15.3 Å². The molecule has 0 radical (unpaired) electrons. The molecule has 3 N–H and O–H groups in total. The van der Waals surface area contributed by atoms with E-state index in [0.717, 1.165) is 58.5 Å². The van der Waals surface area contributed by atoms with Crippen molar-refractivity contribution in [1.82, 2.24) is 9.80 Å². The summed E-state index contributed by atoms with van der Waals surface area (Å²) in [5.74, 6) is 1.68. The number of nitrogens with zero attached hydrogens (tertiary/aromatic N) is 2. The van der Waals surface area contributed by atoms with Gasteiger partial charge in [0.15, 0.2) is 6.29 Å².